The Balaban J connectivity index is 1.78. The maximum atomic E-state index is 5.36. The fourth-order valence-electron chi connectivity index (χ4n) is 3.31. The van der Waals surface area contributed by atoms with Gasteiger partial charge in [-0.2, -0.15) is 0 Å². The molecule has 1 fully saturated rings. The van der Waals surface area contributed by atoms with Gasteiger partial charge in [0.2, 0.25) is 5.95 Å². The van der Waals surface area contributed by atoms with Crippen molar-refractivity contribution in [1.29, 1.82) is 0 Å². The monoisotopic (exact) mass is 326 g/mol. The Labute approximate surface area is 144 Å². The molecule has 1 aromatic carbocycles. The number of hydrogen-bond donors (Lipinski definition) is 1. The van der Waals surface area contributed by atoms with Crippen LogP contribution in [0.4, 0.5) is 5.95 Å². The van der Waals surface area contributed by atoms with Gasteiger partial charge in [0, 0.05) is 38.2 Å². The minimum absolute atomic E-state index is 0.383. The molecule has 2 heterocycles. The number of aromatic nitrogens is 2. The Morgan fingerprint density at radius 3 is 2.79 bits per heavy atom. The highest BCUT2D eigenvalue weighted by Gasteiger charge is 2.24. The summed E-state index contributed by atoms with van der Waals surface area (Å²) in [6.07, 6.45) is 7.45. The molecular weight excluding hydrogens is 300 g/mol. The third-order valence-corrected chi connectivity index (χ3v) is 4.52. The van der Waals surface area contributed by atoms with E-state index in [9.17, 15) is 0 Å². The number of nitrogens with one attached hydrogen (secondary N) is 1. The average Bonchev–Trinajstić information content (AvgIpc) is 2.63. The smallest absolute Gasteiger partial charge is 0.225 e. The van der Waals surface area contributed by atoms with E-state index in [1.807, 2.05) is 19.4 Å². The first-order valence-electron chi connectivity index (χ1n) is 8.63. The fourth-order valence-corrected chi connectivity index (χ4v) is 3.31. The number of methoxy groups -OCH3 is 1. The molecule has 1 aliphatic rings. The number of rotatable bonds is 6. The van der Waals surface area contributed by atoms with E-state index < -0.39 is 0 Å². The van der Waals surface area contributed by atoms with Crippen LogP contribution in [0.15, 0.2) is 36.7 Å². The summed E-state index contributed by atoms with van der Waals surface area (Å²) >= 11 is 0. The fraction of sp³-hybridized carbons (Fsp3) is 0.474. The molecule has 3 rings (SSSR count). The Bertz CT molecular complexity index is 642. The summed E-state index contributed by atoms with van der Waals surface area (Å²) in [5.41, 5.74) is 3.47. The number of benzene rings is 1. The molecule has 0 amide bonds. The molecule has 2 aromatic rings. The van der Waals surface area contributed by atoms with E-state index in [0.717, 1.165) is 43.2 Å². The zero-order valence-corrected chi connectivity index (χ0v) is 14.5. The topological polar surface area (TPSA) is 50.3 Å². The molecule has 0 bridgehead atoms. The van der Waals surface area contributed by atoms with Crippen LogP contribution in [-0.2, 0) is 11.3 Å². The molecule has 24 heavy (non-hydrogen) atoms. The van der Waals surface area contributed by atoms with Crippen molar-refractivity contribution in [3.63, 3.8) is 0 Å². The maximum absolute atomic E-state index is 5.36. The number of piperidine rings is 1. The van der Waals surface area contributed by atoms with Gasteiger partial charge in [-0.3, -0.25) is 0 Å². The summed E-state index contributed by atoms with van der Waals surface area (Å²) in [6.45, 7) is 2.60. The van der Waals surface area contributed by atoms with Gasteiger partial charge in [0.1, 0.15) is 0 Å². The van der Waals surface area contributed by atoms with Gasteiger partial charge in [0.15, 0.2) is 0 Å². The van der Waals surface area contributed by atoms with Gasteiger partial charge < -0.3 is 15.0 Å². The lowest BCUT2D eigenvalue weighted by Gasteiger charge is -2.35. The highest BCUT2D eigenvalue weighted by atomic mass is 16.5. The molecule has 5 nitrogen and oxygen atoms in total. The summed E-state index contributed by atoms with van der Waals surface area (Å²) < 4.78 is 5.36. The van der Waals surface area contributed by atoms with Gasteiger partial charge in [-0.05, 0) is 43.5 Å². The first-order valence-corrected chi connectivity index (χ1v) is 8.63. The zero-order chi connectivity index (χ0) is 16.8. The van der Waals surface area contributed by atoms with Gasteiger partial charge >= 0.3 is 0 Å². The summed E-state index contributed by atoms with van der Waals surface area (Å²) in [5, 5.41) is 3.18. The molecule has 0 radical (unpaired) electrons. The second-order valence-electron chi connectivity index (χ2n) is 6.30. The Morgan fingerprint density at radius 1 is 1.21 bits per heavy atom. The van der Waals surface area contributed by atoms with Gasteiger partial charge in [-0.25, -0.2) is 9.97 Å². The quantitative estimate of drug-likeness (QED) is 0.884. The van der Waals surface area contributed by atoms with E-state index in [1.54, 1.807) is 7.11 Å². The van der Waals surface area contributed by atoms with Gasteiger partial charge in [0.05, 0.1) is 12.6 Å². The highest BCUT2D eigenvalue weighted by Crippen LogP contribution is 2.24. The van der Waals surface area contributed by atoms with Crippen molar-refractivity contribution in [3.05, 3.63) is 42.2 Å². The molecule has 1 N–H and O–H groups in total. The second-order valence-corrected chi connectivity index (χ2v) is 6.30. The molecular formula is C19H26N4O. The van der Waals surface area contributed by atoms with E-state index in [4.69, 9.17) is 4.74 Å². The van der Waals surface area contributed by atoms with E-state index in [-0.39, 0.29) is 0 Å². The third-order valence-electron chi connectivity index (χ3n) is 4.52. The van der Waals surface area contributed by atoms with Crippen LogP contribution in [0.5, 0.6) is 0 Å². The second kappa shape index (κ2) is 8.22. The van der Waals surface area contributed by atoms with E-state index in [2.05, 4.69) is 44.5 Å². The summed E-state index contributed by atoms with van der Waals surface area (Å²) in [4.78, 5) is 11.5. The van der Waals surface area contributed by atoms with Crippen LogP contribution < -0.4 is 10.2 Å². The first-order chi connectivity index (χ1) is 11.8. The molecule has 1 aromatic heterocycles. The lowest BCUT2D eigenvalue weighted by Crippen LogP contribution is -2.43. The molecule has 128 valence electrons. The molecule has 0 aliphatic carbocycles. The van der Waals surface area contributed by atoms with Gasteiger partial charge in [-0.1, -0.05) is 18.2 Å². The molecule has 1 atom stereocenters. The lowest BCUT2D eigenvalue weighted by atomic mass is 10.0. The summed E-state index contributed by atoms with van der Waals surface area (Å²) in [5.74, 6) is 0.812. The Kier molecular flexibility index (Phi) is 5.77. The van der Waals surface area contributed by atoms with Crippen molar-refractivity contribution in [2.75, 3.05) is 32.2 Å². The molecule has 1 saturated heterocycles. The van der Waals surface area contributed by atoms with Crippen molar-refractivity contribution in [2.45, 2.75) is 31.8 Å². The van der Waals surface area contributed by atoms with Gasteiger partial charge in [0.25, 0.3) is 0 Å². The predicted octanol–water partition coefficient (Wildman–Crippen LogP) is 2.87. The first kappa shape index (κ1) is 16.9. The molecule has 5 heteroatoms. The van der Waals surface area contributed by atoms with Crippen LogP contribution in [0, 0.1) is 0 Å². The highest BCUT2D eigenvalue weighted by molar-refractivity contribution is 5.63. The number of hydrogen-bond acceptors (Lipinski definition) is 5. The van der Waals surface area contributed by atoms with Crippen molar-refractivity contribution in [3.8, 4) is 11.1 Å². The minimum atomic E-state index is 0.383. The maximum Gasteiger partial charge on any atom is 0.225 e. The minimum Gasteiger partial charge on any atom is -0.383 e. The van der Waals surface area contributed by atoms with E-state index in [0.29, 0.717) is 6.04 Å². The Hall–Kier alpha value is -1.98. The van der Waals surface area contributed by atoms with Crippen molar-refractivity contribution < 1.29 is 4.74 Å². The van der Waals surface area contributed by atoms with Crippen LogP contribution in [0.25, 0.3) is 11.1 Å². The van der Waals surface area contributed by atoms with E-state index in [1.165, 1.54) is 18.4 Å². The predicted molar refractivity (Wildman–Crippen MR) is 97.1 cm³/mol. The third kappa shape index (κ3) is 3.91. The van der Waals surface area contributed by atoms with Crippen LogP contribution in [0.1, 0.15) is 24.8 Å². The Morgan fingerprint density at radius 2 is 2.04 bits per heavy atom. The van der Waals surface area contributed by atoms with E-state index >= 15 is 0 Å². The van der Waals surface area contributed by atoms with Crippen molar-refractivity contribution in [1.82, 2.24) is 15.3 Å². The number of nitrogens with zero attached hydrogens (tertiary/aromatic N) is 3. The zero-order valence-electron chi connectivity index (χ0n) is 14.5. The normalized spacial score (nSPS) is 17.9. The van der Waals surface area contributed by atoms with Crippen molar-refractivity contribution >= 4 is 5.95 Å². The van der Waals surface area contributed by atoms with Crippen LogP contribution in [0.3, 0.4) is 0 Å². The molecule has 0 spiro atoms. The van der Waals surface area contributed by atoms with Crippen LogP contribution in [0.2, 0.25) is 0 Å². The molecule has 0 saturated carbocycles. The SMILES string of the molecule is CNCc1cccc(-c2cnc(N3CCCCC3COC)nc2)c1. The number of anilines is 1. The van der Waals surface area contributed by atoms with Gasteiger partial charge in [-0.15, -0.1) is 0 Å². The largest absolute Gasteiger partial charge is 0.383 e. The molecule has 1 aliphatic heterocycles. The summed E-state index contributed by atoms with van der Waals surface area (Å²) in [7, 11) is 3.72. The molecule has 1 unspecified atom stereocenters. The average molecular weight is 326 g/mol. The van der Waals surface area contributed by atoms with Crippen LogP contribution in [-0.4, -0.2) is 43.3 Å². The standard InChI is InChI=1S/C19H26N4O/c1-20-11-15-6-5-7-16(10-15)17-12-21-19(22-13-17)23-9-4-3-8-18(23)14-24-2/h5-7,10,12-13,18,20H,3-4,8-9,11,14H2,1-2H3. The lowest BCUT2D eigenvalue weighted by molar-refractivity contribution is 0.165. The van der Waals surface area contributed by atoms with Crippen LogP contribution >= 0.6 is 0 Å². The van der Waals surface area contributed by atoms with Crippen molar-refractivity contribution in [2.24, 2.45) is 0 Å². The number of ether oxygens (including phenoxy) is 1. The summed E-state index contributed by atoms with van der Waals surface area (Å²) in [6, 6.07) is 8.87.